The number of aryl methyl sites for hydroxylation is 1. The molecule has 5 nitrogen and oxygen atoms in total. The fourth-order valence-electron chi connectivity index (χ4n) is 2.79. The highest BCUT2D eigenvalue weighted by atomic mass is 16.7. The van der Waals surface area contributed by atoms with Gasteiger partial charge in [-0.15, -0.1) is 0 Å². The summed E-state index contributed by atoms with van der Waals surface area (Å²) in [7, 11) is 0. The number of hydrogen-bond donors (Lipinski definition) is 3. The van der Waals surface area contributed by atoms with Gasteiger partial charge in [0.1, 0.15) is 18.0 Å². The summed E-state index contributed by atoms with van der Waals surface area (Å²) in [5.74, 6) is 0.439. The lowest BCUT2D eigenvalue weighted by Crippen LogP contribution is -2.58. The second-order valence-electron chi connectivity index (χ2n) is 5.30. The monoisotopic (exact) mass is 266 g/mol. The average Bonchev–Trinajstić information content (AvgIpc) is 2.41. The molecule has 3 rings (SSSR count). The van der Waals surface area contributed by atoms with E-state index in [2.05, 4.69) is 0 Å². The van der Waals surface area contributed by atoms with E-state index in [4.69, 9.17) is 14.6 Å². The molecule has 0 saturated carbocycles. The molecule has 2 aliphatic rings. The Hall–Kier alpha value is -1.14. The number of aliphatic hydroxyl groups is 3. The van der Waals surface area contributed by atoms with Crippen molar-refractivity contribution in [1.82, 2.24) is 0 Å². The fourth-order valence-corrected chi connectivity index (χ4v) is 2.79. The van der Waals surface area contributed by atoms with Gasteiger partial charge in [-0.3, -0.25) is 0 Å². The van der Waals surface area contributed by atoms with Gasteiger partial charge in [-0.1, -0.05) is 12.1 Å². The molecule has 0 spiro atoms. The molecule has 0 radical (unpaired) electrons. The SMILES string of the molecule is Cc1ccc2c(c1)O[C@H]1O[C@H](CO)[C@H](O)[C@H](O)[C@H]1C2. The molecule has 5 heteroatoms. The van der Waals surface area contributed by atoms with Gasteiger partial charge in [0.05, 0.1) is 18.6 Å². The van der Waals surface area contributed by atoms with Crippen molar-refractivity contribution >= 4 is 0 Å². The predicted octanol–water partition coefficient (Wildman–Crippen LogP) is -0.0149. The maximum Gasteiger partial charge on any atom is 0.206 e. The maximum absolute atomic E-state index is 10.1. The van der Waals surface area contributed by atoms with Gasteiger partial charge in [0, 0.05) is 0 Å². The molecular formula is C14H18O5. The van der Waals surface area contributed by atoms with Crippen LogP contribution in [0.1, 0.15) is 11.1 Å². The lowest BCUT2D eigenvalue weighted by Gasteiger charge is -2.44. The van der Waals surface area contributed by atoms with Crippen LogP contribution >= 0.6 is 0 Å². The van der Waals surface area contributed by atoms with Gasteiger partial charge in [-0.2, -0.15) is 0 Å². The highest BCUT2D eigenvalue weighted by Gasteiger charge is 2.47. The number of benzene rings is 1. The summed E-state index contributed by atoms with van der Waals surface area (Å²) in [5.41, 5.74) is 2.09. The van der Waals surface area contributed by atoms with Crippen LogP contribution in [-0.2, 0) is 11.2 Å². The van der Waals surface area contributed by atoms with Crippen LogP contribution < -0.4 is 4.74 Å². The second-order valence-corrected chi connectivity index (χ2v) is 5.30. The van der Waals surface area contributed by atoms with Crippen molar-refractivity contribution in [2.75, 3.05) is 6.61 Å². The zero-order chi connectivity index (χ0) is 13.6. The van der Waals surface area contributed by atoms with Gasteiger partial charge >= 0.3 is 0 Å². The molecule has 1 saturated heterocycles. The first kappa shape index (κ1) is 12.9. The van der Waals surface area contributed by atoms with Crippen molar-refractivity contribution in [2.45, 2.75) is 37.9 Å². The zero-order valence-corrected chi connectivity index (χ0v) is 10.7. The molecule has 1 aromatic carbocycles. The van der Waals surface area contributed by atoms with Crippen LogP contribution in [0.3, 0.4) is 0 Å². The molecule has 1 aromatic rings. The molecule has 19 heavy (non-hydrogen) atoms. The Labute approximate surface area is 111 Å². The van der Waals surface area contributed by atoms with Crippen molar-refractivity contribution in [1.29, 1.82) is 0 Å². The molecule has 0 aromatic heterocycles. The van der Waals surface area contributed by atoms with E-state index in [0.29, 0.717) is 6.42 Å². The highest BCUT2D eigenvalue weighted by Crippen LogP contribution is 2.38. The van der Waals surface area contributed by atoms with Gasteiger partial charge in [-0.25, -0.2) is 0 Å². The summed E-state index contributed by atoms with van der Waals surface area (Å²) in [6.45, 7) is 1.64. The number of hydrogen-bond acceptors (Lipinski definition) is 5. The van der Waals surface area contributed by atoms with Crippen molar-refractivity contribution in [3.8, 4) is 5.75 Å². The summed E-state index contributed by atoms with van der Waals surface area (Å²) in [4.78, 5) is 0. The summed E-state index contributed by atoms with van der Waals surface area (Å²) in [5, 5.41) is 29.2. The quantitative estimate of drug-likeness (QED) is 0.666. The average molecular weight is 266 g/mol. The molecule has 1 fully saturated rings. The smallest absolute Gasteiger partial charge is 0.206 e. The Bertz CT molecular complexity index is 475. The predicted molar refractivity (Wildman–Crippen MR) is 66.8 cm³/mol. The summed E-state index contributed by atoms with van der Waals surface area (Å²) >= 11 is 0. The van der Waals surface area contributed by atoms with E-state index >= 15 is 0 Å². The summed E-state index contributed by atoms with van der Waals surface area (Å²) in [6, 6.07) is 5.89. The van der Waals surface area contributed by atoms with E-state index in [1.807, 2.05) is 25.1 Å². The minimum absolute atomic E-state index is 0.312. The van der Waals surface area contributed by atoms with Crippen molar-refractivity contribution < 1.29 is 24.8 Å². The minimum Gasteiger partial charge on any atom is -0.464 e. The van der Waals surface area contributed by atoms with Crippen molar-refractivity contribution in [2.24, 2.45) is 5.92 Å². The van der Waals surface area contributed by atoms with E-state index in [1.165, 1.54) is 0 Å². The van der Waals surface area contributed by atoms with Crippen LogP contribution in [0.2, 0.25) is 0 Å². The van der Waals surface area contributed by atoms with Gasteiger partial charge in [0.2, 0.25) is 6.29 Å². The first-order chi connectivity index (χ1) is 9.10. The van der Waals surface area contributed by atoms with Gasteiger partial charge in [-0.05, 0) is 30.5 Å². The Morgan fingerprint density at radius 2 is 2.05 bits per heavy atom. The maximum atomic E-state index is 10.1. The molecule has 3 N–H and O–H groups in total. The van der Waals surface area contributed by atoms with Crippen LogP contribution in [0, 0.1) is 12.8 Å². The lowest BCUT2D eigenvalue weighted by molar-refractivity contribution is -0.264. The second kappa shape index (κ2) is 4.76. The van der Waals surface area contributed by atoms with Crippen LogP contribution in [-0.4, -0.2) is 46.5 Å². The Morgan fingerprint density at radius 3 is 2.79 bits per heavy atom. The Kier molecular flexibility index (Phi) is 3.22. The molecule has 2 aliphatic heterocycles. The first-order valence-corrected chi connectivity index (χ1v) is 6.49. The van der Waals surface area contributed by atoms with Crippen LogP contribution in [0.15, 0.2) is 18.2 Å². The highest BCUT2D eigenvalue weighted by molar-refractivity contribution is 5.39. The summed E-state index contributed by atoms with van der Waals surface area (Å²) in [6.07, 6.45) is -2.86. The largest absolute Gasteiger partial charge is 0.464 e. The molecule has 0 amide bonds. The van der Waals surface area contributed by atoms with Crippen molar-refractivity contribution in [3.05, 3.63) is 29.3 Å². The van der Waals surface area contributed by atoms with Crippen LogP contribution in [0.4, 0.5) is 0 Å². The van der Waals surface area contributed by atoms with E-state index in [9.17, 15) is 10.2 Å². The zero-order valence-electron chi connectivity index (χ0n) is 10.7. The van der Waals surface area contributed by atoms with Gasteiger partial charge < -0.3 is 24.8 Å². The molecule has 5 atom stereocenters. The molecular weight excluding hydrogens is 248 g/mol. The van der Waals surface area contributed by atoms with E-state index < -0.39 is 24.6 Å². The van der Waals surface area contributed by atoms with E-state index in [1.54, 1.807) is 0 Å². The number of rotatable bonds is 1. The third kappa shape index (κ3) is 2.12. The van der Waals surface area contributed by atoms with E-state index in [0.717, 1.165) is 16.9 Å². The number of aliphatic hydroxyl groups excluding tert-OH is 3. The standard InChI is InChI=1S/C14H18O5/c1-7-2-3-8-5-9-12(16)13(17)11(6-15)19-14(9)18-10(8)4-7/h2-4,9,11-17H,5-6H2,1H3/t9-,11-,12-,13+,14+/m1/s1. The molecule has 2 heterocycles. The molecule has 104 valence electrons. The Balaban J connectivity index is 1.89. The molecule has 0 aliphatic carbocycles. The van der Waals surface area contributed by atoms with Crippen molar-refractivity contribution in [3.63, 3.8) is 0 Å². The minimum atomic E-state index is -1.08. The number of fused-ring (bicyclic) bond motifs is 2. The number of ether oxygens (including phenoxy) is 2. The third-order valence-corrected chi connectivity index (χ3v) is 3.93. The van der Waals surface area contributed by atoms with Crippen LogP contribution in [0.25, 0.3) is 0 Å². The van der Waals surface area contributed by atoms with E-state index in [-0.39, 0.29) is 12.5 Å². The lowest BCUT2D eigenvalue weighted by atomic mass is 9.84. The van der Waals surface area contributed by atoms with Crippen LogP contribution in [0.5, 0.6) is 5.75 Å². The fraction of sp³-hybridized carbons (Fsp3) is 0.571. The Morgan fingerprint density at radius 1 is 1.26 bits per heavy atom. The normalized spacial score (nSPS) is 37.2. The topological polar surface area (TPSA) is 79.2 Å². The van der Waals surface area contributed by atoms with Gasteiger partial charge in [0.15, 0.2) is 0 Å². The third-order valence-electron chi connectivity index (χ3n) is 3.93. The molecule has 0 unspecified atom stereocenters. The molecule has 0 bridgehead atoms. The van der Waals surface area contributed by atoms with Gasteiger partial charge in [0.25, 0.3) is 0 Å². The summed E-state index contributed by atoms with van der Waals surface area (Å²) < 4.78 is 11.3. The first-order valence-electron chi connectivity index (χ1n) is 6.49.